The summed E-state index contributed by atoms with van der Waals surface area (Å²) in [5.74, 6) is 3.96. The molecule has 0 spiro atoms. The van der Waals surface area contributed by atoms with Gasteiger partial charge in [-0.25, -0.2) is 9.98 Å². The lowest BCUT2D eigenvalue weighted by Gasteiger charge is -2.15. The first kappa shape index (κ1) is 24.9. The molecule has 1 aromatic carbocycles. The summed E-state index contributed by atoms with van der Waals surface area (Å²) in [6.07, 6.45) is 0. The van der Waals surface area contributed by atoms with Gasteiger partial charge in [0.05, 0.1) is 39.6 Å². The van der Waals surface area contributed by atoms with Gasteiger partial charge in [0.2, 0.25) is 11.6 Å². The quantitative estimate of drug-likeness (QED) is 0.298. The number of rotatable bonds is 9. The van der Waals surface area contributed by atoms with Crippen LogP contribution in [0.15, 0.2) is 21.5 Å². The van der Waals surface area contributed by atoms with Crippen LogP contribution in [0.2, 0.25) is 0 Å². The second-order valence-electron chi connectivity index (χ2n) is 6.06. The van der Waals surface area contributed by atoms with E-state index in [1.54, 1.807) is 14.2 Å². The highest BCUT2D eigenvalue weighted by atomic mass is 127. The number of nitrogens with zero attached hydrogens (tertiary/aromatic N) is 2. The zero-order chi connectivity index (χ0) is 20.5. The van der Waals surface area contributed by atoms with Gasteiger partial charge in [-0.1, -0.05) is 0 Å². The number of nitrogens with one attached hydrogen (secondary N) is 2. The molecule has 2 aromatic rings. The molecule has 1 aromatic heterocycles. The summed E-state index contributed by atoms with van der Waals surface area (Å²) in [6, 6.07) is 3.81. The maximum Gasteiger partial charge on any atom is 0.214 e. The second-order valence-corrected chi connectivity index (χ2v) is 6.06. The van der Waals surface area contributed by atoms with E-state index in [1.807, 2.05) is 39.8 Å². The number of hydrogen-bond donors (Lipinski definition) is 2. The standard InChI is InChI=1S/C20H30N4O4.HI/c1-7-21-20(23-12-18-24-13(3)14(4)28-18)22-11-15-9-16(25-5)19(27-8-2)17(10-15)26-6;/h9-10H,7-8,11-12H2,1-6H3,(H2,21,22,23);1H. The minimum atomic E-state index is 0. The van der Waals surface area contributed by atoms with Gasteiger partial charge in [0.15, 0.2) is 17.5 Å². The van der Waals surface area contributed by atoms with Gasteiger partial charge in [-0.15, -0.1) is 24.0 Å². The lowest BCUT2D eigenvalue weighted by Crippen LogP contribution is -2.36. The van der Waals surface area contributed by atoms with E-state index in [4.69, 9.17) is 18.6 Å². The van der Waals surface area contributed by atoms with Crippen molar-refractivity contribution in [2.24, 2.45) is 4.99 Å². The van der Waals surface area contributed by atoms with Crippen molar-refractivity contribution in [3.05, 3.63) is 35.0 Å². The van der Waals surface area contributed by atoms with Gasteiger partial charge in [-0.2, -0.15) is 0 Å². The monoisotopic (exact) mass is 518 g/mol. The van der Waals surface area contributed by atoms with E-state index in [0.29, 0.717) is 48.8 Å². The van der Waals surface area contributed by atoms with Crippen molar-refractivity contribution in [1.29, 1.82) is 0 Å². The first-order chi connectivity index (χ1) is 13.5. The maximum atomic E-state index is 5.64. The SMILES string of the molecule is CCNC(=NCc1cc(OC)c(OCC)c(OC)c1)NCc1nc(C)c(C)o1.I. The predicted molar refractivity (Wildman–Crippen MR) is 124 cm³/mol. The Morgan fingerprint density at radius 3 is 2.24 bits per heavy atom. The van der Waals surface area contributed by atoms with Crippen LogP contribution >= 0.6 is 24.0 Å². The Hall–Kier alpha value is -2.17. The second kappa shape index (κ2) is 12.4. The molecule has 0 aliphatic heterocycles. The summed E-state index contributed by atoms with van der Waals surface area (Å²) in [5, 5.41) is 6.45. The van der Waals surface area contributed by atoms with E-state index < -0.39 is 0 Å². The first-order valence-corrected chi connectivity index (χ1v) is 9.35. The summed E-state index contributed by atoms with van der Waals surface area (Å²) < 4.78 is 22.1. The fourth-order valence-electron chi connectivity index (χ4n) is 2.60. The number of guanidine groups is 1. The van der Waals surface area contributed by atoms with Crippen LogP contribution in [0, 0.1) is 13.8 Å². The van der Waals surface area contributed by atoms with Gasteiger partial charge in [-0.05, 0) is 45.4 Å². The average Bonchev–Trinajstić information content (AvgIpc) is 3.02. The molecule has 0 fully saturated rings. The van der Waals surface area contributed by atoms with Crippen molar-refractivity contribution in [3.8, 4) is 17.2 Å². The topological polar surface area (TPSA) is 90.1 Å². The Balaban J connectivity index is 0.00000420. The van der Waals surface area contributed by atoms with E-state index in [9.17, 15) is 0 Å². The third-order valence-corrected chi connectivity index (χ3v) is 4.05. The van der Waals surface area contributed by atoms with Gasteiger partial charge in [0.1, 0.15) is 5.76 Å². The van der Waals surface area contributed by atoms with E-state index >= 15 is 0 Å². The van der Waals surface area contributed by atoms with Crippen molar-refractivity contribution in [3.63, 3.8) is 0 Å². The molecule has 8 nitrogen and oxygen atoms in total. The smallest absolute Gasteiger partial charge is 0.214 e. The Bertz CT molecular complexity index is 763. The van der Waals surface area contributed by atoms with Gasteiger partial charge >= 0.3 is 0 Å². The molecule has 2 N–H and O–H groups in total. The fourth-order valence-corrected chi connectivity index (χ4v) is 2.60. The summed E-state index contributed by atoms with van der Waals surface area (Å²) in [7, 11) is 3.21. The Morgan fingerprint density at radius 2 is 1.76 bits per heavy atom. The number of aliphatic imine (C=N–C) groups is 1. The Kier molecular flexibility index (Phi) is 10.6. The zero-order valence-electron chi connectivity index (χ0n) is 17.9. The van der Waals surface area contributed by atoms with Gasteiger partial charge in [0, 0.05) is 6.54 Å². The fraction of sp³-hybridized carbons (Fsp3) is 0.500. The van der Waals surface area contributed by atoms with Crippen LogP contribution in [0.25, 0.3) is 0 Å². The van der Waals surface area contributed by atoms with E-state index in [-0.39, 0.29) is 24.0 Å². The number of hydrogen-bond acceptors (Lipinski definition) is 6. The molecule has 0 radical (unpaired) electrons. The van der Waals surface area contributed by atoms with Crippen molar-refractivity contribution < 1.29 is 18.6 Å². The maximum absolute atomic E-state index is 5.64. The van der Waals surface area contributed by atoms with Gasteiger partial charge in [0.25, 0.3) is 0 Å². The summed E-state index contributed by atoms with van der Waals surface area (Å²) in [4.78, 5) is 9.00. The number of oxazole rings is 1. The Morgan fingerprint density at radius 1 is 1.10 bits per heavy atom. The van der Waals surface area contributed by atoms with Gasteiger partial charge in [-0.3, -0.25) is 0 Å². The molecule has 1 heterocycles. The van der Waals surface area contributed by atoms with E-state index in [1.165, 1.54) is 0 Å². The molecule has 0 saturated carbocycles. The molecule has 9 heteroatoms. The highest BCUT2D eigenvalue weighted by molar-refractivity contribution is 14.0. The van der Waals surface area contributed by atoms with Crippen molar-refractivity contribution in [1.82, 2.24) is 15.6 Å². The van der Waals surface area contributed by atoms with Crippen LogP contribution in [0.5, 0.6) is 17.2 Å². The number of benzene rings is 1. The lowest BCUT2D eigenvalue weighted by atomic mass is 10.2. The van der Waals surface area contributed by atoms with Gasteiger partial charge < -0.3 is 29.3 Å². The van der Waals surface area contributed by atoms with Crippen molar-refractivity contribution >= 4 is 29.9 Å². The van der Waals surface area contributed by atoms with Crippen LogP contribution < -0.4 is 24.8 Å². The highest BCUT2D eigenvalue weighted by Crippen LogP contribution is 2.38. The minimum Gasteiger partial charge on any atom is -0.493 e. The molecule has 0 aliphatic rings. The summed E-state index contributed by atoms with van der Waals surface area (Å²) in [5.41, 5.74) is 1.84. The van der Waals surface area contributed by atoms with Crippen LogP contribution in [-0.2, 0) is 13.1 Å². The van der Waals surface area contributed by atoms with Crippen molar-refractivity contribution in [2.75, 3.05) is 27.4 Å². The summed E-state index contributed by atoms with van der Waals surface area (Å²) >= 11 is 0. The molecular formula is C20H31IN4O4. The molecule has 162 valence electrons. The molecule has 0 atom stereocenters. The minimum absolute atomic E-state index is 0. The molecule has 29 heavy (non-hydrogen) atoms. The third-order valence-electron chi connectivity index (χ3n) is 4.05. The lowest BCUT2D eigenvalue weighted by molar-refractivity contribution is 0.288. The molecular weight excluding hydrogens is 487 g/mol. The van der Waals surface area contributed by atoms with Crippen LogP contribution in [0.4, 0.5) is 0 Å². The number of methoxy groups -OCH3 is 2. The van der Waals surface area contributed by atoms with E-state index in [0.717, 1.165) is 23.6 Å². The van der Waals surface area contributed by atoms with Crippen LogP contribution in [-0.4, -0.2) is 38.3 Å². The van der Waals surface area contributed by atoms with Crippen molar-refractivity contribution in [2.45, 2.75) is 40.8 Å². The predicted octanol–water partition coefficient (Wildman–Crippen LogP) is 3.58. The van der Waals surface area contributed by atoms with Crippen LogP contribution in [0.1, 0.15) is 36.8 Å². The number of aryl methyl sites for hydroxylation is 2. The summed E-state index contributed by atoms with van der Waals surface area (Å²) in [6.45, 7) is 9.92. The molecule has 2 rings (SSSR count). The molecule has 0 saturated heterocycles. The highest BCUT2D eigenvalue weighted by Gasteiger charge is 2.14. The first-order valence-electron chi connectivity index (χ1n) is 9.35. The number of aromatic nitrogens is 1. The van der Waals surface area contributed by atoms with E-state index in [2.05, 4.69) is 20.6 Å². The number of ether oxygens (including phenoxy) is 3. The molecule has 0 bridgehead atoms. The average molecular weight is 518 g/mol. The Labute approximate surface area is 189 Å². The normalized spacial score (nSPS) is 10.9. The molecule has 0 unspecified atom stereocenters. The molecule has 0 aliphatic carbocycles. The van der Waals surface area contributed by atoms with Crippen LogP contribution in [0.3, 0.4) is 0 Å². The zero-order valence-corrected chi connectivity index (χ0v) is 20.2. The third kappa shape index (κ3) is 6.98. The number of halogens is 1. The molecule has 0 amide bonds. The largest absolute Gasteiger partial charge is 0.493 e.